The van der Waals surface area contributed by atoms with Crippen molar-refractivity contribution in [2.45, 2.75) is 39.7 Å². The quantitative estimate of drug-likeness (QED) is 0.927. The summed E-state index contributed by atoms with van der Waals surface area (Å²) < 4.78 is 5.46. The van der Waals surface area contributed by atoms with Crippen LogP contribution in [0.25, 0.3) is 10.9 Å². The summed E-state index contributed by atoms with van der Waals surface area (Å²) in [7, 11) is 1.68. The molecule has 1 aromatic carbocycles. The number of carbonyl (C=O) groups excluding carboxylic acids is 1. The van der Waals surface area contributed by atoms with Gasteiger partial charge in [0.1, 0.15) is 11.3 Å². The highest BCUT2D eigenvalue weighted by Gasteiger charge is 2.27. The first kappa shape index (κ1) is 17.5. The van der Waals surface area contributed by atoms with Crippen LogP contribution in [0.5, 0.6) is 5.75 Å². The number of nitrogens with one attached hydrogen (secondary N) is 1. The van der Waals surface area contributed by atoms with Crippen LogP contribution in [-0.2, 0) is 4.79 Å². The third-order valence-corrected chi connectivity index (χ3v) is 4.85. The van der Waals surface area contributed by atoms with Crippen molar-refractivity contribution in [3.05, 3.63) is 30.0 Å². The molecule has 0 saturated carbocycles. The molecular formula is C20H27N3O2. The molecule has 134 valence electrons. The Kier molecular flexibility index (Phi) is 5.11. The highest BCUT2D eigenvalue weighted by Crippen LogP contribution is 2.35. The summed E-state index contributed by atoms with van der Waals surface area (Å²) in [6, 6.07) is 6.25. The number of nitrogens with zero attached hydrogens (tertiary/aromatic N) is 2. The molecule has 25 heavy (non-hydrogen) atoms. The Hall–Kier alpha value is -2.30. The monoisotopic (exact) mass is 341 g/mol. The number of piperidine rings is 1. The molecule has 3 rings (SSSR count). The molecule has 1 aliphatic rings. The standard InChI is InChI=1S/C20H27N3O2/c1-13(2)22-20(24)15-8-10-23(11-9-15)19-14(3)12-21-18-16(19)6-5-7-17(18)25-4/h5-7,12-13,15H,8-11H2,1-4H3,(H,22,24). The minimum atomic E-state index is 0.113. The van der Waals surface area contributed by atoms with E-state index >= 15 is 0 Å². The number of benzene rings is 1. The van der Waals surface area contributed by atoms with E-state index in [-0.39, 0.29) is 17.9 Å². The minimum absolute atomic E-state index is 0.113. The van der Waals surface area contributed by atoms with Crippen molar-refractivity contribution in [3.63, 3.8) is 0 Å². The number of para-hydroxylation sites is 1. The van der Waals surface area contributed by atoms with Crippen molar-refractivity contribution in [3.8, 4) is 5.75 Å². The van der Waals surface area contributed by atoms with Gasteiger partial charge >= 0.3 is 0 Å². The summed E-state index contributed by atoms with van der Waals surface area (Å²) in [6.07, 6.45) is 3.68. The van der Waals surface area contributed by atoms with Gasteiger partial charge in [-0.15, -0.1) is 0 Å². The normalized spacial score (nSPS) is 15.6. The Bertz CT molecular complexity index is 765. The van der Waals surface area contributed by atoms with Crippen LogP contribution in [-0.4, -0.2) is 37.1 Å². The lowest BCUT2D eigenvalue weighted by Gasteiger charge is -2.34. The molecule has 0 spiro atoms. The Labute approximate surface area is 149 Å². The molecule has 5 heteroatoms. The predicted octanol–water partition coefficient (Wildman–Crippen LogP) is 3.29. The van der Waals surface area contributed by atoms with Crippen molar-refractivity contribution in [2.75, 3.05) is 25.1 Å². The van der Waals surface area contributed by atoms with E-state index < -0.39 is 0 Å². The summed E-state index contributed by atoms with van der Waals surface area (Å²) in [6.45, 7) is 7.87. The van der Waals surface area contributed by atoms with Gasteiger partial charge in [0.25, 0.3) is 0 Å². The minimum Gasteiger partial charge on any atom is -0.494 e. The first-order valence-electron chi connectivity index (χ1n) is 8.99. The number of fused-ring (bicyclic) bond motifs is 1. The van der Waals surface area contributed by atoms with Gasteiger partial charge < -0.3 is 15.0 Å². The Morgan fingerprint density at radius 2 is 2.04 bits per heavy atom. The fourth-order valence-electron chi connectivity index (χ4n) is 3.63. The Morgan fingerprint density at radius 3 is 2.68 bits per heavy atom. The van der Waals surface area contributed by atoms with E-state index in [2.05, 4.69) is 28.2 Å². The van der Waals surface area contributed by atoms with Crippen LogP contribution in [0, 0.1) is 12.8 Å². The van der Waals surface area contributed by atoms with E-state index in [1.54, 1.807) is 7.11 Å². The van der Waals surface area contributed by atoms with E-state index in [9.17, 15) is 4.79 Å². The maximum atomic E-state index is 12.3. The molecule has 1 amide bonds. The molecule has 1 N–H and O–H groups in total. The number of aryl methyl sites for hydroxylation is 1. The lowest BCUT2D eigenvalue weighted by atomic mass is 9.94. The Balaban J connectivity index is 1.84. The second-order valence-corrected chi connectivity index (χ2v) is 7.07. The van der Waals surface area contributed by atoms with E-state index in [1.807, 2.05) is 32.2 Å². The van der Waals surface area contributed by atoms with Gasteiger partial charge in [-0.3, -0.25) is 9.78 Å². The van der Waals surface area contributed by atoms with Crippen LogP contribution in [0.15, 0.2) is 24.4 Å². The number of ether oxygens (including phenoxy) is 1. The summed E-state index contributed by atoms with van der Waals surface area (Å²) in [4.78, 5) is 19.2. The number of methoxy groups -OCH3 is 1. The van der Waals surface area contributed by atoms with Gasteiger partial charge in [0.2, 0.25) is 5.91 Å². The molecule has 2 heterocycles. The molecule has 5 nitrogen and oxygen atoms in total. The van der Waals surface area contributed by atoms with E-state index in [4.69, 9.17) is 4.74 Å². The van der Waals surface area contributed by atoms with Crippen molar-refractivity contribution in [2.24, 2.45) is 5.92 Å². The van der Waals surface area contributed by atoms with Gasteiger partial charge in [0, 0.05) is 36.6 Å². The molecular weight excluding hydrogens is 314 g/mol. The summed E-state index contributed by atoms with van der Waals surface area (Å²) in [5.41, 5.74) is 3.27. The van der Waals surface area contributed by atoms with Crippen LogP contribution in [0.2, 0.25) is 0 Å². The molecule has 1 aromatic heterocycles. The van der Waals surface area contributed by atoms with Crippen LogP contribution in [0.3, 0.4) is 0 Å². The zero-order valence-corrected chi connectivity index (χ0v) is 15.5. The second kappa shape index (κ2) is 7.30. The molecule has 0 unspecified atom stereocenters. The third-order valence-electron chi connectivity index (χ3n) is 4.85. The smallest absolute Gasteiger partial charge is 0.223 e. The number of hydrogen-bond acceptors (Lipinski definition) is 4. The van der Waals surface area contributed by atoms with Gasteiger partial charge in [-0.1, -0.05) is 12.1 Å². The molecule has 0 bridgehead atoms. The number of rotatable bonds is 4. The number of anilines is 1. The second-order valence-electron chi connectivity index (χ2n) is 7.07. The number of carbonyl (C=O) groups is 1. The topological polar surface area (TPSA) is 54.5 Å². The van der Waals surface area contributed by atoms with Gasteiger partial charge in [-0.2, -0.15) is 0 Å². The lowest BCUT2D eigenvalue weighted by Crippen LogP contribution is -2.42. The van der Waals surface area contributed by atoms with Crippen LogP contribution in [0.4, 0.5) is 5.69 Å². The largest absolute Gasteiger partial charge is 0.494 e. The first-order valence-corrected chi connectivity index (χ1v) is 8.99. The lowest BCUT2D eigenvalue weighted by molar-refractivity contribution is -0.126. The maximum absolute atomic E-state index is 12.3. The van der Waals surface area contributed by atoms with Gasteiger partial charge in [0.15, 0.2) is 0 Å². The van der Waals surface area contributed by atoms with E-state index in [1.165, 1.54) is 5.69 Å². The number of pyridine rings is 1. The summed E-state index contributed by atoms with van der Waals surface area (Å²) >= 11 is 0. The number of aromatic nitrogens is 1. The predicted molar refractivity (Wildman–Crippen MR) is 101 cm³/mol. The van der Waals surface area contributed by atoms with Crippen LogP contribution >= 0.6 is 0 Å². The molecule has 0 aliphatic carbocycles. The highest BCUT2D eigenvalue weighted by molar-refractivity contribution is 5.96. The zero-order valence-electron chi connectivity index (χ0n) is 15.5. The zero-order chi connectivity index (χ0) is 18.0. The fraction of sp³-hybridized carbons (Fsp3) is 0.500. The molecule has 0 atom stereocenters. The maximum Gasteiger partial charge on any atom is 0.223 e. The van der Waals surface area contributed by atoms with E-state index in [0.29, 0.717) is 0 Å². The first-order chi connectivity index (χ1) is 12.0. The number of hydrogen-bond donors (Lipinski definition) is 1. The Morgan fingerprint density at radius 1 is 1.32 bits per heavy atom. The molecule has 2 aromatic rings. The number of amides is 1. The average molecular weight is 341 g/mol. The van der Waals surface area contributed by atoms with Crippen LogP contribution in [0.1, 0.15) is 32.3 Å². The molecule has 1 fully saturated rings. The summed E-state index contributed by atoms with van der Waals surface area (Å²) in [5.74, 6) is 1.10. The van der Waals surface area contributed by atoms with Crippen molar-refractivity contribution < 1.29 is 9.53 Å². The third kappa shape index (κ3) is 3.55. The average Bonchev–Trinajstić information content (AvgIpc) is 2.60. The van der Waals surface area contributed by atoms with Crippen molar-refractivity contribution in [1.82, 2.24) is 10.3 Å². The van der Waals surface area contributed by atoms with Crippen molar-refractivity contribution >= 4 is 22.5 Å². The molecule has 0 radical (unpaired) electrons. The highest BCUT2D eigenvalue weighted by atomic mass is 16.5. The van der Waals surface area contributed by atoms with Gasteiger partial charge in [-0.25, -0.2) is 0 Å². The van der Waals surface area contributed by atoms with E-state index in [0.717, 1.165) is 48.1 Å². The SMILES string of the molecule is COc1cccc2c(N3CCC(C(=O)NC(C)C)CC3)c(C)cnc12. The van der Waals surface area contributed by atoms with Crippen LogP contribution < -0.4 is 15.0 Å². The molecule has 1 aliphatic heterocycles. The van der Waals surface area contributed by atoms with Crippen molar-refractivity contribution in [1.29, 1.82) is 0 Å². The summed E-state index contributed by atoms with van der Waals surface area (Å²) in [5, 5.41) is 4.15. The van der Waals surface area contributed by atoms with Gasteiger partial charge in [-0.05, 0) is 45.2 Å². The van der Waals surface area contributed by atoms with Gasteiger partial charge in [0.05, 0.1) is 12.8 Å². The fourth-order valence-corrected chi connectivity index (χ4v) is 3.63. The molecule has 1 saturated heterocycles.